The predicted molar refractivity (Wildman–Crippen MR) is 67.7 cm³/mol. The van der Waals surface area contributed by atoms with Crippen molar-refractivity contribution in [3.8, 4) is 0 Å². The van der Waals surface area contributed by atoms with E-state index in [9.17, 15) is 4.79 Å². The molecule has 1 unspecified atom stereocenters. The third kappa shape index (κ3) is 3.14. The highest BCUT2D eigenvalue weighted by Gasteiger charge is 2.25. The predicted octanol–water partition coefficient (Wildman–Crippen LogP) is 0.984. The molecule has 5 heteroatoms. The van der Waals surface area contributed by atoms with Gasteiger partial charge in [0.25, 0.3) is 0 Å². The van der Waals surface area contributed by atoms with Crippen molar-refractivity contribution < 1.29 is 4.79 Å². The minimum Gasteiger partial charge on any atom is -0.363 e. The molecule has 0 aromatic rings. The van der Waals surface area contributed by atoms with Crippen LogP contribution in [0.1, 0.15) is 26.7 Å². The Morgan fingerprint density at radius 2 is 2.44 bits per heavy atom. The number of aliphatic imine (C=N–C) groups is 1. The number of nitrogens with zero attached hydrogens (tertiary/aromatic N) is 1. The second-order valence-electron chi connectivity index (χ2n) is 5.26. The number of nitrogens with one attached hydrogen (secondary N) is 2. The monoisotopic (exact) mass is 241 g/mol. The van der Waals surface area contributed by atoms with Gasteiger partial charge in [-0.2, -0.15) is 0 Å². The Balaban J connectivity index is 1.75. The number of hydrogen-bond acceptors (Lipinski definition) is 4. The van der Waals surface area contributed by atoms with Crippen LogP contribution >= 0.6 is 11.8 Å². The molecule has 0 bridgehead atoms. The van der Waals surface area contributed by atoms with Crippen LogP contribution in [0.15, 0.2) is 4.99 Å². The molecule has 0 saturated carbocycles. The molecule has 1 fully saturated rings. The zero-order valence-electron chi connectivity index (χ0n) is 9.88. The van der Waals surface area contributed by atoms with Crippen molar-refractivity contribution in [2.24, 2.45) is 10.4 Å². The first-order chi connectivity index (χ1) is 7.55. The molecule has 4 nitrogen and oxygen atoms in total. The van der Waals surface area contributed by atoms with Crippen molar-refractivity contribution in [3.05, 3.63) is 0 Å². The Hall–Kier alpha value is -0.710. The molecule has 2 aliphatic heterocycles. The fourth-order valence-corrected chi connectivity index (χ4v) is 2.75. The van der Waals surface area contributed by atoms with Crippen molar-refractivity contribution in [2.45, 2.75) is 32.7 Å². The summed E-state index contributed by atoms with van der Waals surface area (Å²) in [6.07, 6.45) is 1.61. The topological polar surface area (TPSA) is 53.5 Å². The fourth-order valence-electron chi connectivity index (χ4n) is 1.79. The van der Waals surface area contributed by atoms with E-state index >= 15 is 0 Å². The van der Waals surface area contributed by atoms with Gasteiger partial charge in [0.1, 0.15) is 0 Å². The average Bonchev–Trinajstić information content (AvgIpc) is 2.63. The van der Waals surface area contributed by atoms with E-state index in [4.69, 9.17) is 0 Å². The van der Waals surface area contributed by atoms with E-state index in [0.717, 1.165) is 30.4 Å². The van der Waals surface area contributed by atoms with Crippen LogP contribution in [0, 0.1) is 5.41 Å². The normalized spacial score (nSPS) is 28.5. The maximum atomic E-state index is 11.0. The lowest BCUT2D eigenvalue weighted by Crippen LogP contribution is -2.39. The Kier molecular flexibility index (Phi) is 3.42. The maximum absolute atomic E-state index is 11.0. The van der Waals surface area contributed by atoms with Crippen molar-refractivity contribution in [1.29, 1.82) is 0 Å². The molecule has 0 aromatic heterocycles. The zero-order valence-corrected chi connectivity index (χ0v) is 10.7. The Morgan fingerprint density at radius 3 is 3.00 bits per heavy atom. The molecule has 0 aromatic carbocycles. The van der Waals surface area contributed by atoms with Crippen LogP contribution in [0.25, 0.3) is 0 Å². The number of hydrogen-bond donors (Lipinski definition) is 2. The van der Waals surface area contributed by atoms with E-state index in [0.29, 0.717) is 11.8 Å². The average molecular weight is 241 g/mol. The van der Waals surface area contributed by atoms with E-state index in [1.165, 1.54) is 0 Å². The molecule has 1 saturated heterocycles. The molecule has 0 radical (unpaired) electrons. The summed E-state index contributed by atoms with van der Waals surface area (Å²) < 4.78 is 0. The summed E-state index contributed by atoms with van der Waals surface area (Å²) in [5.74, 6) is 1.28. The molecule has 2 rings (SSSR count). The first-order valence-electron chi connectivity index (χ1n) is 5.76. The number of carbonyl (C=O) groups excluding carboxylic acids is 1. The molecular formula is C11H19N3OS. The first kappa shape index (κ1) is 11.8. The summed E-state index contributed by atoms with van der Waals surface area (Å²) in [7, 11) is 0. The number of amides is 1. The van der Waals surface area contributed by atoms with Gasteiger partial charge in [0.2, 0.25) is 5.91 Å². The smallest absolute Gasteiger partial charge is 0.220 e. The van der Waals surface area contributed by atoms with Crippen LogP contribution in [0.5, 0.6) is 0 Å². The molecule has 2 N–H and O–H groups in total. The highest BCUT2D eigenvalue weighted by molar-refractivity contribution is 8.13. The van der Waals surface area contributed by atoms with Crippen LogP contribution in [-0.2, 0) is 4.79 Å². The third-order valence-corrected chi connectivity index (χ3v) is 4.31. The van der Waals surface area contributed by atoms with Crippen molar-refractivity contribution in [1.82, 2.24) is 10.6 Å². The zero-order chi connectivity index (χ0) is 11.6. The summed E-state index contributed by atoms with van der Waals surface area (Å²) >= 11 is 1.78. The number of rotatable bonds is 2. The molecule has 1 amide bonds. The van der Waals surface area contributed by atoms with Crippen LogP contribution in [0.3, 0.4) is 0 Å². The summed E-state index contributed by atoms with van der Waals surface area (Å²) in [5, 5.41) is 7.29. The van der Waals surface area contributed by atoms with Gasteiger partial charge in [-0.05, 0) is 11.8 Å². The first-order valence-corrected chi connectivity index (χ1v) is 6.74. The van der Waals surface area contributed by atoms with Crippen molar-refractivity contribution in [2.75, 3.05) is 18.8 Å². The van der Waals surface area contributed by atoms with Gasteiger partial charge in [0, 0.05) is 31.3 Å². The minimum atomic E-state index is 0.172. The van der Waals surface area contributed by atoms with Crippen LogP contribution in [-0.4, -0.2) is 36.0 Å². The van der Waals surface area contributed by atoms with E-state index in [2.05, 4.69) is 29.5 Å². The standard InChI is InChI=1S/C11H19N3OS/c1-11(2)6-13-10(16-7-11)12-5-8-3-4-9(15)14-8/h8H,3-7H2,1-2H3,(H,12,13)(H,14,15). The lowest BCUT2D eigenvalue weighted by molar-refractivity contribution is -0.119. The Bertz CT molecular complexity index is 314. The van der Waals surface area contributed by atoms with E-state index < -0.39 is 0 Å². The Labute approximate surface area is 101 Å². The minimum absolute atomic E-state index is 0.172. The van der Waals surface area contributed by atoms with E-state index in [1.807, 2.05) is 0 Å². The highest BCUT2D eigenvalue weighted by atomic mass is 32.2. The number of amidine groups is 1. The number of thioether (sulfide) groups is 1. The summed E-state index contributed by atoms with van der Waals surface area (Å²) in [5.41, 5.74) is 0.317. The molecule has 2 aliphatic rings. The largest absolute Gasteiger partial charge is 0.363 e. The molecule has 0 aliphatic carbocycles. The van der Waals surface area contributed by atoms with Crippen molar-refractivity contribution >= 4 is 22.8 Å². The molecule has 16 heavy (non-hydrogen) atoms. The Morgan fingerprint density at radius 1 is 1.62 bits per heavy atom. The second-order valence-corrected chi connectivity index (χ2v) is 6.22. The van der Waals surface area contributed by atoms with E-state index in [1.54, 1.807) is 11.8 Å². The van der Waals surface area contributed by atoms with Crippen LogP contribution in [0.2, 0.25) is 0 Å². The van der Waals surface area contributed by atoms with Gasteiger partial charge < -0.3 is 10.6 Å². The van der Waals surface area contributed by atoms with Gasteiger partial charge in [-0.25, -0.2) is 0 Å². The van der Waals surface area contributed by atoms with Crippen LogP contribution in [0.4, 0.5) is 0 Å². The van der Waals surface area contributed by atoms with Gasteiger partial charge >= 0.3 is 0 Å². The maximum Gasteiger partial charge on any atom is 0.220 e. The lowest BCUT2D eigenvalue weighted by Gasteiger charge is -2.27. The van der Waals surface area contributed by atoms with Gasteiger partial charge in [-0.3, -0.25) is 9.79 Å². The third-order valence-electron chi connectivity index (χ3n) is 2.83. The number of carbonyl (C=O) groups is 1. The SMILES string of the molecule is CC1(C)CN=C(NCC2CCC(=O)N2)SC1. The molecular weight excluding hydrogens is 222 g/mol. The van der Waals surface area contributed by atoms with Gasteiger partial charge in [0.15, 0.2) is 5.17 Å². The fraction of sp³-hybridized carbons (Fsp3) is 0.818. The lowest BCUT2D eigenvalue weighted by atomic mass is 9.97. The quantitative estimate of drug-likeness (QED) is 0.758. The van der Waals surface area contributed by atoms with Crippen LogP contribution < -0.4 is 10.6 Å². The highest BCUT2D eigenvalue weighted by Crippen LogP contribution is 2.26. The summed E-state index contributed by atoms with van der Waals surface area (Å²) in [4.78, 5) is 15.5. The molecule has 0 spiro atoms. The second kappa shape index (κ2) is 4.65. The van der Waals surface area contributed by atoms with Gasteiger partial charge in [-0.15, -0.1) is 0 Å². The summed E-state index contributed by atoms with van der Waals surface area (Å²) in [6, 6.07) is 0.283. The van der Waals surface area contributed by atoms with Gasteiger partial charge in [0.05, 0.1) is 0 Å². The molecule has 1 atom stereocenters. The molecule has 90 valence electrons. The van der Waals surface area contributed by atoms with Crippen molar-refractivity contribution in [3.63, 3.8) is 0 Å². The van der Waals surface area contributed by atoms with Gasteiger partial charge in [-0.1, -0.05) is 25.6 Å². The summed E-state index contributed by atoms with van der Waals surface area (Å²) in [6.45, 7) is 6.16. The molecule has 2 heterocycles. The van der Waals surface area contributed by atoms with E-state index in [-0.39, 0.29) is 11.9 Å².